The first-order valence-electron chi connectivity index (χ1n) is 4.10. The maximum Gasteiger partial charge on any atom is 0.222 e. The van der Waals surface area contributed by atoms with E-state index in [1.54, 1.807) is 6.07 Å². The van der Waals surface area contributed by atoms with E-state index in [2.05, 4.69) is 4.98 Å². The highest BCUT2D eigenvalue weighted by molar-refractivity contribution is 5.41. The molecule has 1 aromatic rings. The van der Waals surface area contributed by atoms with Crippen LogP contribution in [0.5, 0.6) is 11.6 Å². The zero-order valence-corrected chi connectivity index (χ0v) is 8.10. The van der Waals surface area contributed by atoms with Crippen molar-refractivity contribution in [2.24, 2.45) is 0 Å². The molecule has 1 aromatic heterocycles. The Bertz CT molecular complexity index is 281. The van der Waals surface area contributed by atoms with E-state index in [0.717, 1.165) is 0 Å². The number of hydrogen-bond donors (Lipinski definition) is 2. The van der Waals surface area contributed by atoms with E-state index in [9.17, 15) is 5.11 Å². The van der Waals surface area contributed by atoms with Crippen LogP contribution in [0, 0.1) is 0 Å². The molecule has 5 heteroatoms. The molecular formula is C9H13NO4. The van der Waals surface area contributed by atoms with Gasteiger partial charge in [0.05, 0.1) is 26.4 Å². The third-order valence-electron chi connectivity index (χ3n) is 1.83. The van der Waals surface area contributed by atoms with Crippen LogP contribution < -0.4 is 9.47 Å². The fraction of sp³-hybridized carbons (Fsp3) is 0.444. The van der Waals surface area contributed by atoms with Crippen LogP contribution >= 0.6 is 0 Å². The minimum absolute atomic E-state index is 0.255. The van der Waals surface area contributed by atoms with Gasteiger partial charge in [-0.3, -0.25) is 0 Å². The van der Waals surface area contributed by atoms with Gasteiger partial charge in [-0.1, -0.05) is 0 Å². The van der Waals surface area contributed by atoms with E-state index in [4.69, 9.17) is 14.6 Å². The molecule has 0 spiro atoms. The molecule has 2 N–H and O–H groups in total. The summed E-state index contributed by atoms with van der Waals surface area (Å²) in [5.74, 6) is 0.698. The highest BCUT2D eigenvalue weighted by Gasteiger charge is 2.18. The van der Waals surface area contributed by atoms with Gasteiger partial charge in [0.25, 0.3) is 0 Å². The Labute approximate surface area is 81.9 Å². The Morgan fingerprint density at radius 2 is 2.14 bits per heavy atom. The van der Waals surface area contributed by atoms with Gasteiger partial charge >= 0.3 is 0 Å². The highest BCUT2D eigenvalue weighted by atomic mass is 16.5. The minimum atomic E-state index is -1.05. The summed E-state index contributed by atoms with van der Waals surface area (Å²) in [7, 11) is 2.91. The number of rotatable bonds is 4. The van der Waals surface area contributed by atoms with Crippen molar-refractivity contribution >= 4 is 0 Å². The number of pyridine rings is 1. The van der Waals surface area contributed by atoms with Crippen molar-refractivity contribution in [1.29, 1.82) is 0 Å². The zero-order chi connectivity index (χ0) is 10.6. The topological polar surface area (TPSA) is 71.8 Å². The summed E-state index contributed by atoms with van der Waals surface area (Å²) in [6, 6.07) is 1.59. The van der Waals surface area contributed by atoms with Gasteiger partial charge in [0.15, 0.2) is 0 Å². The van der Waals surface area contributed by atoms with Crippen molar-refractivity contribution in [3.05, 3.63) is 17.8 Å². The maximum absolute atomic E-state index is 9.50. The third-order valence-corrected chi connectivity index (χ3v) is 1.83. The normalized spacial score (nSPS) is 12.3. The van der Waals surface area contributed by atoms with Crippen molar-refractivity contribution < 1.29 is 19.7 Å². The Morgan fingerprint density at radius 1 is 1.43 bits per heavy atom. The molecule has 0 aromatic carbocycles. The monoisotopic (exact) mass is 199 g/mol. The molecular weight excluding hydrogens is 186 g/mol. The van der Waals surface area contributed by atoms with Gasteiger partial charge in [-0.05, 0) is 6.07 Å². The van der Waals surface area contributed by atoms with Crippen LogP contribution in [-0.4, -0.2) is 36.0 Å². The summed E-state index contributed by atoms with van der Waals surface area (Å²) >= 11 is 0. The Kier molecular flexibility index (Phi) is 3.67. The molecule has 1 heterocycles. The second-order valence-corrected chi connectivity index (χ2v) is 2.63. The fourth-order valence-corrected chi connectivity index (χ4v) is 1.18. The average Bonchev–Trinajstić information content (AvgIpc) is 2.26. The maximum atomic E-state index is 9.50. The van der Waals surface area contributed by atoms with E-state index in [-0.39, 0.29) is 5.88 Å². The molecule has 0 fully saturated rings. The van der Waals surface area contributed by atoms with Gasteiger partial charge in [0.2, 0.25) is 5.88 Å². The molecule has 0 aliphatic carbocycles. The van der Waals surface area contributed by atoms with Crippen LogP contribution in [0.1, 0.15) is 11.7 Å². The summed E-state index contributed by atoms with van der Waals surface area (Å²) in [5, 5.41) is 18.3. The molecule has 1 unspecified atom stereocenters. The molecule has 5 nitrogen and oxygen atoms in total. The predicted octanol–water partition coefficient (Wildman–Crippen LogP) is 0.124. The molecule has 0 bridgehead atoms. The molecule has 0 amide bonds. The summed E-state index contributed by atoms with van der Waals surface area (Å²) in [5.41, 5.74) is 0.361. The lowest BCUT2D eigenvalue weighted by Crippen LogP contribution is -2.08. The lowest BCUT2D eigenvalue weighted by Gasteiger charge is -2.14. The van der Waals surface area contributed by atoms with Gasteiger partial charge in [0.1, 0.15) is 11.9 Å². The number of aliphatic hydroxyl groups excluding tert-OH is 2. The van der Waals surface area contributed by atoms with E-state index < -0.39 is 12.7 Å². The minimum Gasteiger partial charge on any atom is -0.496 e. The van der Waals surface area contributed by atoms with Crippen molar-refractivity contribution in [3.63, 3.8) is 0 Å². The van der Waals surface area contributed by atoms with Crippen molar-refractivity contribution in [3.8, 4) is 11.6 Å². The Balaban J connectivity index is 3.18. The van der Waals surface area contributed by atoms with Crippen molar-refractivity contribution in [2.75, 3.05) is 20.8 Å². The number of aliphatic hydroxyl groups is 2. The van der Waals surface area contributed by atoms with Gasteiger partial charge in [-0.2, -0.15) is 0 Å². The summed E-state index contributed by atoms with van der Waals surface area (Å²) in [4.78, 5) is 3.90. The van der Waals surface area contributed by atoms with Crippen LogP contribution in [0.2, 0.25) is 0 Å². The molecule has 14 heavy (non-hydrogen) atoms. The standard InChI is InChI=1S/C9H13NO4/c1-13-7-3-4-10-9(14-2)8(7)6(12)5-11/h3-4,6,11-12H,5H2,1-2H3. The number of methoxy groups -OCH3 is 2. The van der Waals surface area contributed by atoms with Crippen LogP contribution in [0.25, 0.3) is 0 Å². The number of aromatic nitrogens is 1. The number of ether oxygens (including phenoxy) is 2. The molecule has 1 rings (SSSR count). The summed E-state index contributed by atoms with van der Waals surface area (Å²) in [6.07, 6.45) is 0.458. The zero-order valence-electron chi connectivity index (χ0n) is 8.10. The second-order valence-electron chi connectivity index (χ2n) is 2.63. The summed E-state index contributed by atoms with van der Waals surface area (Å²) < 4.78 is 9.97. The summed E-state index contributed by atoms with van der Waals surface area (Å²) in [6.45, 7) is -0.404. The van der Waals surface area contributed by atoms with Gasteiger partial charge in [-0.15, -0.1) is 0 Å². The van der Waals surface area contributed by atoms with Gasteiger partial charge in [0, 0.05) is 6.20 Å². The molecule has 1 atom stereocenters. The first-order valence-corrected chi connectivity index (χ1v) is 4.10. The van der Waals surface area contributed by atoms with Crippen molar-refractivity contribution in [1.82, 2.24) is 4.98 Å². The lowest BCUT2D eigenvalue weighted by atomic mass is 10.1. The molecule has 78 valence electrons. The van der Waals surface area contributed by atoms with E-state index in [1.165, 1.54) is 20.4 Å². The Hall–Kier alpha value is -1.33. The largest absolute Gasteiger partial charge is 0.496 e. The average molecular weight is 199 g/mol. The van der Waals surface area contributed by atoms with E-state index >= 15 is 0 Å². The van der Waals surface area contributed by atoms with Crippen LogP contribution in [0.4, 0.5) is 0 Å². The molecule has 0 saturated heterocycles. The quantitative estimate of drug-likeness (QED) is 0.720. The van der Waals surface area contributed by atoms with E-state index in [1.807, 2.05) is 0 Å². The molecule has 0 saturated carbocycles. The molecule has 0 aliphatic heterocycles. The molecule has 0 radical (unpaired) electrons. The second kappa shape index (κ2) is 4.78. The van der Waals surface area contributed by atoms with Crippen LogP contribution in [0.3, 0.4) is 0 Å². The number of nitrogens with zero attached hydrogens (tertiary/aromatic N) is 1. The smallest absolute Gasteiger partial charge is 0.222 e. The predicted molar refractivity (Wildman–Crippen MR) is 49.4 cm³/mol. The molecule has 0 aliphatic rings. The fourth-order valence-electron chi connectivity index (χ4n) is 1.18. The Morgan fingerprint density at radius 3 is 2.64 bits per heavy atom. The van der Waals surface area contributed by atoms with E-state index in [0.29, 0.717) is 11.3 Å². The van der Waals surface area contributed by atoms with Crippen LogP contribution in [0.15, 0.2) is 12.3 Å². The first kappa shape index (κ1) is 10.7. The first-order chi connectivity index (χ1) is 6.74. The number of hydrogen-bond acceptors (Lipinski definition) is 5. The van der Waals surface area contributed by atoms with Gasteiger partial charge < -0.3 is 19.7 Å². The van der Waals surface area contributed by atoms with Crippen LogP contribution in [-0.2, 0) is 0 Å². The van der Waals surface area contributed by atoms with Crippen molar-refractivity contribution in [2.45, 2.75) is 6.10 Å². The van der Waals surface area contributed by atoms with Gasteiger partial charge in [-0.25, -0.2) is 4.98 Å². The third kappa shape index (κ3) is 1.94. The lowest BCUT2D eigenvalue weighted by molar-refractivity contribution is 0.0903. The SMILES string of the molecule is COc1ccnc(OC)c1C(O)CO. The highest BCUT2D eigenvalue weighted by Crippen LogP contribution is 2.31.